The lowest BCUT2D eigenvalue weighted by molar-refractivity contribution is 1.02. The van der Waals surface area contributed by atoms with Crippen LogP contribution in [0.15, 0.2) is 103 Å². The Morgan fingerprint density at radius 1 is 0.500 bits per heavy atom. The minimum Gasteiger partial charge on any atom is -0.356 e. The predicted octanol–water partition coefficient (Wildman–Crippen LogP) is 6.59. The standard InChI is InChI=1S/C25H19N/c1-3-9-18(10-4-1)25-22-14-8-7-13-21(22)24-17-20(15-16-23(24)25)26-19-11-5-2-6-12-19/h1-17,25-26H. The minimum absolute atomic E-state index is 0.313. The lowest BCUT2D eigenvalue weighted by atomic mass is 9.89. The molecule has 124 valence electrons. The molecule has 0 amide bonds. The molecule has 1 atom stereocenters. The maximum Gasteiger partial charge on any atom is 0.0390 e. The zero-order valence-electron chi connectivity index (χ0n) is 14.4. The number of fused-ring (bicyclic) bond motifs is 3. The summed E-state index contributed by atoms with van der Waals surface area (Å²) in [6.45, 7) is 0. The summed E-state index contributed by atoms with van der Waals surface area (Å²) in [6, 6.07) is 36.6. The van der Waals surface area contributed by atoms with Crippen molar-refractivity contribution in [2.45, 2.75) is 5.92 Å². The number of hydrogen-bond donors (Lipinski definition) is 1. The average molecular weight is 333 g/mol. The summed E-state index contributed by atoms with van der Waals surface area (Å²) < 4.78 is 0. The van der Waals surface area contributed by atoms with E-state index < -0.39 is 0 Å². The number of benzene rings is 4. The molecule has 0 saturated heterocycles. The van der Waals surface area contributed by atoms with Crippen molar-refractivity contribution < 1.29 is 0 Å². The quantitative estimate of drug-likeness (QED) is 0.393. The van der Waals surface area contributed by atoms with Gasteiger partial charge in [-0.15, -0.1) is 0 Å². The van der Waals surface area contributed by atoms with Gasteiger partial charge >= 0.3 is 0 Å². The highest BCUT2D eigenvalue weighted by Gasteiger charge is 2.29. The summed E-state index contributed by atoms with van der Waals surface area (Å²) >= 11 is 0. The highest BCUT2D eigenvalue weighted by Crippen LogP contribution is 2.48. The summed E-state index contributed by atoms with van der Waals surface area (Å²) in [6.07, 6.45) is 0. The van der Waals surface area contributed by atoms with E-state index >= 15 is 0 Å². The Morgan fingerprint density at radius 2 is 1.15 bits per heavy atom. The lowest BCUT2D eigenvalue weighted by Crippen LogP contribution is -1.99. The lowest BCUT2D eigenvalue weighted by Gasteiger charge is -2.15. The van der Waals surface area contributed by atoms with Crippen molar-refractivity contribution in [1.82, 2.24) is 0 Å². The molecule has 0 spiro atoms. The van der Waals surface area contributed by atoms with Gasteiger partial charge in [0.2, 0.25) is 0 Å². The van der Waals surface area contributed by atoms with Crippen molar-refractivity contribution in [2.75, 3.05) is 5.32 Å². The topological polar surface area (TPSA) is 12.0 Å². The summed E-state index contributed by atoms with van der Waals surface area (Å²) in [4.78, 5) is 0. The van der Waals surface area contributed by atoms with E-state index in [0.29, 0.717) is 5.92 Å². The number of para-hydroxylation sites is 1. The zero-order chi connectivity index (χ0) is 17.3. The number of hydrogen-bond acceptors (Lipinski definition) is 1. The van der Waals surface area contributed by atoms with Gasteiger partial charge in [0.25, 0.3) is 0 Å². The maximum atomic E-state index is 3.52. The fourth-order valence-electron chi connectivity index (χ4n) is 3.97. The highest BCUT2D eigenvalue weighted by molar-refractivity contribution is 5.83. The van der Waals surface area contributed by atoms with Gasteiger partial charge in [0, 0.05) is 17.3 Å². The second kappa shape index (κ2) is 6.20. The number of anilines is 2. The van der Waals surface area contributed by atoms with Crippen LogP contribution >= 0.6 is 0 Å². The third-order valence-electron chi connectivity index (χ3n) is 5.12. The van der Waals surface area contributed by atoms with Crippen LogP contribution < -0.4 is 5.32 Å². The van der Waals surface area contributed by atoms with Crippen LogP contribution in [0, 0.1) is 0 Å². The van der Waals surface area contributed by atoms with Crippen molar-refractivity contribution in [3.63, 3.8) is 0 Å². The van der Waals surface area contributed by atoms with E-state index in [1.807, 2.05) is 6.07 Å². The van der Waals surface area contributed by atoms with Gasteiger partial charge in [0.15, 0.2) is 0 Å². The van der Waals surface area contributed by atoms with Crippen molar-refractivity contribution in [3.05, 3.63) is 120 Å². The second-order valence-corrected chi connectivity index (χ2v) is 6.72. The molecule has 0 aromatic heterocycles. The molecular weight excluding hydrogens is 314 g/mol. The van der Waals surface area contributed by atoms with Gasteiger partial charge in [0.05, 0.1) is 0 Å². The third kappa shape index (κ3) is 2.49. The first-order valence-corrected chi connectivity index (χ1v) is 9.00. The summed E-state index contributed by atoms with van der Waals surface area (Å²) in [5, 5.41) is 3.52. The Kier molecular flexibility index (Phi) is 3.57. The SMILES string of the molecule is c1ccc(Nc2ccc3c(c2)-c2ccccc2C3c2ccccc2)cc1. The first kappa shape index (κ1) is 15.0. The normalized spacial score (nSPS) is 14.5. The molecule has 0 radical (unpaired) electrons. The van der Waals surface area contributed by atoms with Gasteiger partial charge in [0.1, 0.15) is 0 Å². The fourth-order valence-corrected chi connectivity index (χ4v) is 3.97. The molecule has 4 aromatic carbocycles. The van der Waals surface area contributed by atoms with Crippen molar-refractivity contribution >= 4 is 11.4 Å². The Morgan fingerprint density at radius 3 is 1.96 bits per heavy atom. The van der Waals surface area contributed by atoms with Crippen LogP contribution in [0.25, 0.3) is 11.1 Å². The third-order valence-corrected chi connectivity index (χ3v) is 5.12. The molecule has 1 nitrogen and oxygen atoms in total. The summed E-state index contributed by atoms with van der Waals surface area (Å²) in [7, 11) is 0. The first-order valence-electron chi connectivity index (χ1n) is 9.00. The monoisotopic (exact) mass is 333 g/mol. The molecule has 1 heteroatoms. The molecular formula is C25H19N. The molecule has 0 fully saturated rings. The van der Waals surface area contributed by atoms with Crippen LogP contribution in [-0.4, -0.2) is 0 Å². The van der Waals surface area contributed by atoms with E-state index in [1.54, 1.807) is 0 Å². The Hall–Kier alpha value is -3.32. The van der Waals surface area contributed by atoms with E-state index in [4.69, 9.17) is 0 Å². The van der Waals surface area contributed by atoms with Gasteiger partial charge in [-0.25, -0.2) is 0 Å². The predicted molar refractivity (Wildman–Crippen MR) is 109 cm³/mol. The molecule has 0 bridgehead atoms. The van der Waals surface area contributed by atoms with Gasteiger partial charge < -0.3 is 5.32 Å². The fraction of sp³-hybridized carbons (Fsp3) is 0.0400. The van der Waals surface area contributed by atoms with Crippen LogP contribution in [0.3, 0.4) is 0 Å². The van der Waals surface area contributed by atoms with Crippen molar-refractivity contribution in [2.24, 2.45) is 0 Å². The van der Waals surface area contributed by atoms with E-state index in [2.05, 4.69) is 102 Å². The van der Waals surface area contributed by atoms with Gasteiger partial charge in [-0.3, -0.25) is 0 Å². The van der Waals surface area contributed by atoms with E-state index in [0.717, 1.165) is 11.4 Å². The molecule has 1 N–H and O–H groups in total. The zero-order valence-corrected chi connectivity index (χ0v) is 14.4. The second-order valence-electron chi connectivity index (χ2n) is 6.72. The van der Waals surface area contributed by atoms with E-state index in [9.17, 15) is 0 Å². The Bertz CT molecular complexity index is 1050. The molecule has 26 heavy (non-hydrogen) atoms. The molecule has 1 unspecified atom stereocenters. The van der Waals surface area contributed by atoms with Crippen LogP contribution in [0.5, 0.6) is 0 Å². The van der Waals surface area contributed by atoms with Gasteiger partial charge in [-0.2, -0.15) is 0 Å². The van der Waals surface area contributed by atoms with Gasteiger partial charge in [-0.1, -0.05) is 78.9 Å². The van der Waals surface area contributed by atoms with E-state index in [1.165, 1.54) is 27.8 Å². The van der Waals surface area contributed by atoms with Gasteiger partial charge in [-0.05, 0) is 52.1 Å². The van der Waals surface area contributed by atoms with E-state index in [-0.39, 0.29) is 0 Å². The van der Waals surface area contributed by atoms with Crippen molar-refractivity contribution in [1.29, 1.82) is 0 Å². The molecule has 0 aliphatic heterocycles. The Balaban J connectivity index is 1.62. The highest BCUT2D eigenvalue weighted by atomic mass is 14.9. The average Bonchev–Trinajstić information content (AvgIpc) is 3.03. The van der Waals surface area contributed by atoms with Crippen LogP contribution in [-0.2, 0) is 0 Å². The number of nitrogens with one attached hydrogen (secondary N) is 1. The molecule has 0 heterocycles. The Labute approximate surface area is 154 Å². The molecule has 4 aromatic rings. The first-order chi connectivity index (χ1) is 12.9. The smallest absolute Gasteiger partial charge is 0.0390 e. The maximum absolute atomic E-state index is 3.52. The molecule has 0 saturated carbocycles. The molecule has 5 rings (SSSR count). The largest absolute Gasteiger partial charge is 0.356 e. The van der Waals surface area contributed by atoms with Crippen LogP contribution in [0.4, 0.5) is 11.4 Å². The molecule has 1 aliphatic rings. The summed E-state index contributed by atoms with van der Waals surface area (Å²) in [5.41, 5.74) is 9.03. The number of rotatable bonds is 3. The van der Waals surface area contributed by atoms with Crippen molar-refractivity contribution in [3.8, 4) is 11.1 Å². The summed E-state index contributed by atoms with van der Waals surface area (Å²) in [5.74, 6) is 0.313. The minimum atomic E-state index is 0.313. The van der Waals surface area contributed by atoms with Crippen LogP contribution in [0.1, 0.15) is 22.6 Å². The molecule has 1 aliphatic carbocycles. The van der Waals surface area contributed by atoms with Crippen LogP contribution in [0.2, 0.25) is 0 Å².